The fourth-order valence-corrected chi connectivity index (χ4v) is 3.00. The number of aryl methyl sites for hydroxylation is 1. The molecule has 1 amide bonds. The Morgan fingerprint density at radius 1 is 1.45 bits per heavy atom. The first-order chi connectivity index (χ1) is 9.61. The highest BCUT2D eigenvalue weighted by Gasteiger charge is 2.28. The third kappa shape index (κ3) is 3.58. The first-order valence-electron chi connectivity index (χ1n) is 7.41. The molecule has 3 N–H and O–H groups in total. The summed E-state index contributed by atoms with van der Waals surface area (Å²) >= 11 is 0. The molecule has 2 atom stereocenters. The molecule has 4 heteroatoms. The molecule has 1 aromatic carbocycles. The molecule has 1 fully saturated rings. The van der Waals surface area contributed by atoms with Crippen molar-refractivity contribution in [2.75, 3.05) is 25.0 Å². The molecule has 0 bridgehead atoms. The summed E-state index contributed by atoms with van der Waals surface area (Å²) in [6.07, 6.45) is 2.35. The zero-order valence-electron chi connectivity index (χ0n) is 12.4. The van der Waals surface area contributed by atoms with Crippen molar-refractivity contribution in [3.05, 3.63) is 29.8 Å². The van der Waals surface area contributed by atoms with Crippen molar-refractivity contribution in [3.8, 4) is 0 Å². The van der Waals surface area contributed by atoms with Crippen LogP contribution in [0, 0.1) is 12.8 Å². The van der Waals surface area contributed by atoms with E-state index in [1.165, 1.54) is 6.42 Å². The van der Waals surface area contributed by atoms with Gasteiger partial charge in [0.05, 0.1) is 6.54 Å². The summed E-state index contributed by atoms with van der Waals surface area (Å²) in [5.41, 5.74) is 7.84. The summed E-state index contributed by atoms with van der Waals surface area (Å²) < 4.78 is 0. The van der Waals surface area contributed by atoms with Crippen LogP contribution < -0.4 is 11.1 Å². The van der Waals surface area contributed by atoms with Crippen LogP contribution in [0.25, 0.3) is 0 Å². The first kappa shape index (κ1) is 15.0. The number of benzene rings is 1. The Bertz CT molecular complexity index is 461. The number of nitrogens with zero attached hydrogens (tertiary/aromatic N) is 1. The second-order valence-corrected chi connectivity index (χ2v) is 5.76. The van der Waals surface area contributed by atoms with E-state index in [1.54, 1.807) is 0 Å². The second kappa shape index (κ2) is 6.86. The number of amides is 1. The highest BCUT2D eigenvalue weighted by atomic mass is 16.2. The van der Waals surface area contributed by atoms with Gasteiger partial charge in [-0.25, -0.2) is 0 Å². The standard InChI is InChI=1S/C16H25N3O/c1-12-6-3-4-8-14(12)18-16(20)11-19-9-5-7-13(2)15(19)10-17/h3-4,6,8,13,15H,5,7,9-11,17H2,1-2H3,(H,18,20). The molecule has 0 saturated carbocycles. The van der Waals surface area contributed by atoms with Gasteiger partial charge in [0.2, 0.25) is 5.91 Å². The minimum atomic E-state index is 0.0480. The van der Waals surface area contributed by atoms with Crippen molar-refractivity contribution >= 4 is 11.6 Å². The lowest BCUT2D eigenvalue weighted by Gasteiger charge is -2.38. The summed E-state index contributed by atoms with van der Waals surface area (Å²) in [4.78, 5) is 14.4. The molecule has 0 aliphatic carbocycles. The van der Waals surface area contributed by atoms with E-state index in [4.69, 9.17) is 5.73 Å². The Kier molecular flexibility index (Phi) is 5.15. The second-order valence-electron chi connectivity index (χ2n) is 5.76. The minimum Gasteiger partial charge on any atom is -0.329 e. The van der Waals surface area contributed by atoms with E-state index in [0.29, 0.717) is 25.0 Å². The number of piperidine rings is 1. The maximum absolute atomic E-state index is 12.2. The van der Waals surface area contributed by atoms with Crippen molar-refractivity contribution in [1.29, 1.82) is 0 Å². The summed E-state index contributed by atoms with van der Waals surface area (Å²) in [5.74, 6) is 0.617. The summed E-state index contributed by atoms with van der Waals surface area (Å²) in [5, 5.41) is 3.00. The lowest BCUT2D eigenvalue weighted by atomic mass is 9.91. The lowest BCUT2D eigenvalue weighted by Crippen LogP contribution is -2.51. The molecule has 2 rings (SSSR count). The Labute approximate surface area is 121 Å². The van der Waals surface area contributed by atoms with Crippen LogP contribution in [0.3, 0.4) is 0 Å². The van der Waals surface area contributed by atoms with Crippen molar-refractivity contribution < 1.29 is 4.79 Å². The number of rotatable bonds is 4. The molecule has 4 nitrogen and oxygen atoms in total. The Morgan fingerprint density at radius 3 is 2.90 bits per heavy atom. The van der Waals surface area contributed by atoms with Gasteiger partial charge in [0.25, 0.3) is 0 Å². The van der Waals surface area contributed by atoms with E-state index in [9.17, 15) is 4.79 Å². The maximum Gasteiger partial charge on any atom is 0.238 e. The Morgan fingerprint density at radius 2 is 2.20 bits per heavy atom. The quantitative estimate of drug-likeness (QED) is 0.883. The van der Waals surface area contributed by atoms with E-state index in [2.05, 4.69) is 17.1 Å². The van der Waals surface area contributed by atoms with Crippen LogP contribution in [0.15, 0.2) is 24.3 Å². The summed E-state index contributed by atoms with van der Waals surface area (Å²) in [6.45, 7) is 6.25. The van der Waals surface area contributed by atoms with E-state index in [-0.39, 0.29) is 5.91 Å². The number of anilines is 1. The third-order valence-corrected chi connectivity index (χ3v) is 4.24. The molecule has 1 aliphatic heterocycles. The van der Waals surface area contributed by atoms with Gasteiger partial charge in [0, 0.05) is 18.3 Å². The molecule has 1 aromatic rings. The predicted octanol–water partition coefficient (Wildman–Crippen LogP) is 1.99. The van der Waals surface area contributed by atoms with Gasteiger partial charge in [-0.3, -0.25) is 9.69 Å². The minimum absolute atomic E-state index is 0.0480. The average Bonchev–Trinajstić information content (AvgIpc) is 2.42. The van der Waals surface area contributed by atoms with Gasteiger partial charge >= 0.3 is 0 Å². The number of para-hydroxylation sites is 1. The zero-order chi connectivity index (χ0) is 14.5. The van der Waals surface area contributed by atoms with Gasteiger partial charge in [-0.15, -0.1) is 0 Å². The molecule has 1 heterocycles. The topological polar surface area (TPSA) is 58.4 Å². The van der Waals surface area contributed by atoms with Gasteiger partial charge in [-0.05, 0) is 43.9 Å². The van der Waals surface area contributed by atoms with E-state index >= 15 is 0 Å². The SMILES string of the molecule is Cc1ccccc1NC(=O)CN1CCCC(C)C1CN. The van der Waals surface area contributed by atoms with Crippen LogP contribution in [-0.4, -0.2) is 36.5 Å². The van der Waals surface area contributed by atoms with Crippen molar-refractivity contribution in [3.63, 3.8) is 0 Å². The Balaban J connectivity index is 1.95. The molecular formula is C16H25N3O. The summed E-state index contributed by atoms with van der Waals surface area (Å²) in [6, 6.07) is 8.18. The van der Waals surface area contributed by atoms with Crippen LogP contribution in [-0.2, 0) is 4.79 Å². The smallest absolute Gasteiger partial charge is 0.238 e. The first-order valence-corrected chi connectivity index (χ1v) is 7.41. The highest BCUT2D eigenvalue weighted by molar-refractivity contribution is 5.92. The molecular weight excluding hydrogens is 250 g/mol. The fraction of sp³-hybridized carbons (Fsp3) is 0.562. The van der Waals surface area contributed by atoms with Gasteiger partial charge in [-0.2, -0.15) is 0 Å². The van der Waals surface area contributed by atoms with Crippen LogP contribution >= 0.6 is 0 Å². The van der Waals surface area contributed by atoms with E-state index < -0.39 is 0 Å². The van der Waals surface area contributed by atoms with E-state index in [1.807, 2.05) is 31.2 Å². The van der Waals surface area contributed by atoms with Gasteiger partial charge in [0.15, 0.2) is 0 Å². The number of carbonyl (C=O) groups excluding carboxylic acids is 1. The predicted molar refractivity (Wildman–Crippen MR) is 82.6 cm³/mol. The number of nitrogens with two attached hydrogens (primary N) is 1. The number of hydrogen-bond acceptors (Lipinski definition) is 3. The van der Waals surface area contributed by atoms with E-state index in [0.717, 1.165) is 24.2 Å². The van der Waals surface area contributed by atoms with Crippen molar-refractivity contribution in [2.24, 2.45) is 11.7 Å². The molecule has 1 aliphatic rings. The van der Waals surface area contributed by atoms with Gasteiger partial charge in [0.1, 0.15) is 0 Å². The summed E-state index contributed by atoms with van der Waals surface area (Å²) in [7, 11) is 0. The van der Waals surface area contributed by atoms with Crippen LogP contribution in [0.2, 0.25) is 0 Å². The molecule has 2 unspecified atom stereocenters. The lowest BCUT2D eigenvalue weighted by molar-refractivity contribution is -0.118. The normalized spacial score (nSPS) is 23.6. The van der Waals surface area contributed by atoms with Crippen LogP contribution in [0.4, 0.5) is 5.69 Å². The molecule has 0 spiro atoms. The average molecular weight is 275 g/mol. The molecule has 0 aromatic heterocycles. The Hall–Kier alpha value is -1.39. The van der Waals surface area contributed by atoms with Crippen LogP contribution in [0.5, 0.6) is 0 Å². The number of likely N-dealkylation sites (tertiary alicyclic amines) is 1. The molecule has 20 heavy (non-hydrogen) atoms. The number of carbonyl (C=O) groups is 1. The molecule has 110 valence electrons. The van der Waals surface area contributed by atoms with Gasteiger partial charge < -0.3 is 11.1 Å². The molecule has 0 radical (unpaired) electrons. The highest BCUT2D eigenvalue weighted by Crippen LogP contribution is 2.22. The fourth-order valence-electron chi connectivity index (χ4n) is 3.00. The molecule has 1 saturated heterocycles. The van der Waals surface area contributed by atoms with Crippen molar-refractivity contribution in [1.82, 2.24) is 4.90 Å². The zero-order valence-corrected chi connectivity index (χ0v) is 12.4. The maximum atomic E-state index is 12.2. The van der Waals surface area contributed by atoms with Crippen molar-refractivity contribution in [2.45, 2.75) is 32.7 Å². The largest absolute Gasteiger partial charge is 0.329 e. The van der Waals surface area contributed by atoms with Gasteiger partial charge in [-0.1, -0.05) is 25.1 Å². The van der Waals surface area contributed by atoms with Crippen LogP contribution in [0.1, 0.15) is 25.3 Å². The third-order valence-electron chi connectivity index (χ3n) is 4.24. The number of nitrogens with one attached hydrogen (secondary N) is 1. The number of hydrogen-bond donors (Lipinski definition) is 2. The monoisotopic (exact) mass is 275 g/mol.